The predicted molar refractivity (Wildman–Crippen MR) is 120 cm³/mol. The van der Waals surface area contributed by atoms with E-state index in [2.05, 4.69) is 15.0 Å². The third-order valence-electron chi connectivity index (χ3n) is 4.39. The Balaban J connectivity index is 0.000000210. The maximum Gasteiger partial charge on any atom is 0.211 e. The molecule has 0 saturated carbocycles. The lowest BCUT2D eigenvalue weighted by Gasteiger charge is -2.28. The fourth-order valence-corrected chi connectivity index (χ4v) is 4.92. The zero-order valence-corrected chi connectivity index (χ0v) is 18.7. The van der Waals surface area contributed by atoms with Gasteiger partial charge in [-0.25, -0.2) is 22.0 Å². The number of hydrogen-bond donors (Lipinski definition) is 2. The highest BCUT2D eigenvalue weighted by molar-refractivity contribution is 7.80. The van der Waals surface area contributed by atoms with Crippen LogP contribution in [0.2, 0.25) is 5.02 Å². The molecule has 4 rings (SSSR count). The highest BCUT2D eigenvalue weighted by Gasteiger charge is 2.24. The van der Waals surface area contributed by atoms with Gasteiger partial charge in [0.2, 0.25) is 6.41 Å². The SMILES string of the molecule is CN1CC[C@@H](c2cc(-c3ccc(F)cn3)cs2)NS1=O.O=CNc1ccc(F)c(Cl)c1. The van der Waals surface area contributed by atoms with E-state index in [0.29, 0.717) is 12.1 Å². The topological polar surface area (TPSA) is 74.3 Å². The van der Waals surface area contributed by atoms with Gasteiger partial charge in [-0.05, 0) is 42.8 Å². The second-order valence-corrected chi connectivity index (χ2v) is 9.26. The van der Waals surface area contributed by atoms with Crippen molar-refractivity contribution in [3.63, 3.8) is 0 Å². The van der Waals surface area contributed by atoms with Crippen LogP contribution < -0.4 is 10.0 Å². The summed E-state index contributed by atoms with van der Waals surface area (Å²) >= 11 is 5.90. The third-order valence-corrected chi connectivity index (χ3v) is 6.96. The van der Waals surface area contributed by atoms with E-state index >= 15 is 0 Å². The van der Waals surface area contributed by atoms with Gasteiger partial charge in [0.25, 0.3) is 0 Å². The Hall–Kier alpha value is -2.24. The van der Waals surface area contributed by atoms with Gasteiger partial charge in [0.05, 0.1) is 23.0 Å². The summed E-state index contributed by atoms with van der Waals surface area (Å²) < 4.78 is 42.0. The molecule has 1 fully saturated rings. The zero-order chi connectivity index (χ0) is 22.4. The number of carbonyl (C=O) groups excluding carboxylic acids is 1. The normalized spacial score (nSPS) is 18.7. The Labute approximate surface area is 190 Å². The third kappa shape index (κ3) is 6.37. The van der Waals surface area contributed by atoms with Crippen molar-refractivity contribution in [3.05, 3.63) is 69.5 Å². The largest absolute Gasteiger partial charge is 0.329 e. The lowest BCUT2D eigenvalue weighted by atomic mass is 10.1. The number of pyridine rings is 1. The lowest BCUT2D eigenvalue weighted by Crippen LogP contribution is -2.41. The maximum atomic E-state index is 12.9. The Morgan fingerprint density at radius 1 is 1.32 bits per heavy atom. The summed E-state index contributed by atoms with van der Waals surface area (Å²) in [4.78, 5) is 15.1. The van der Waals surface area contributed by atoms with Gasteiger partial charge in [0, 0.05) is 35.1 Å². The van der Waals surface area contributed by atoms with Crippen molar-refractivity contribution in [2.24, 2.45) is 0 Å². The van der Waals surface area contributed by atoms with E-state index in [1.165, 1.54) is 30.5 Å². The van der Waals surface area contributed by atoms with Crippen molar-refractivity contribution in [1.82, 2.24) is 14.0 Å². The number of benzene rings is 1. The van der Waals surface area contributed by atoms with Crippen molar-refractivity contribution >= 4 is 46.2 Å². The minimum atomic E-state index is -1.13. The fraction of sp³-hybridized carbons (Fsp3) is 0.200. The van der Waals surface area contributed by atoms with E-state index in [9.17, 15) is 17.8 Å². The highest BCUT2D eigenvalue weighted by Crippen LogP contribution is 2.31. The molecule has 0 aliphatic carbocycles. The number of hydrogen-bond acceptors (Lipinski definition) is 4. The molecule has 11 heteroatoms. The standard InChI is InChI=1S/C13H14FN3OS2.C7H5ClFNO/c1-17-5-4-12(16-20(17)18)13-6-9(8-19-13)11-3-2-10(14)7-15-11;8-6-3-5(10-4-11)1-2-7(6)9/h2-3,6-8,12,16H,4-5H2,1H3;1-4H,(H,10,11)/t12-,20?;/m0./s1. The number of amides is 1. The van der Waals surface area contributed by atoms with Crippen LogP contribution in [-0.2, 0) is 16.0 Å². The number of rotatable bonds is 4. The molecule has 3 heterocycles. The number of nitrogens with one attached hydrogen (secondary N) is 2. The molecule has 1 aliphatic heterocycles. The number of aromatic nitrogens is 1. The first kappa shape index (κ1) is 23.4. The van der Waals surface area contributed by atoms with Crippen LogP contribution in [0.1, 0.15) is 17.3 Å². The molecule has 1 aliphatic rings. The van der Waals surface area contributed by atoms with Crippen LogP contribution in [0.5, 0.6) is 0 Å². The van der Waals surface area contributed by atoms with Crippen LogP contribution in [0, 0.1) is 11.6 Å². The van der Waals surface area contributed by atoms with E-state index in [-0.39, 0.29) is 16.9 Å². The smallest absolute Gasteiger partial charge is 0.211 e. The first-order valence-corrected chi connectivity index (χ1v) is 11.5. The van der Waals surface area contributed by atoms with Crippen molar-refractivity contribution < 1.29 is 17.8 Å². The molecule has 1 amide bonds. The van der Waals surface area contributed by atoms with E-state index < -0.39 is 17.0 Å². The summed E-state index contributed by atoms with van der Waals surface area (Å²) in [7, 11) is 1.83. The molecule has 6 nitrogen and oxygen atoms in total. The maximum absolute atomic E-state index is 12.9. The van der Waals surface area contributed by atoms with Crippen LogP contribution >= 0.6 is 22.9 Å². The van der Waals surface area contributed by atoms with Crippen molar-refractivity contribution in [2.45, 2.75) is 12.5 Å². The lowest BCUT2D eigenvalue weighted by molar-refractivity contribution is -0.105. The molecule has 1 unspecified atom stereocenters. The molecule has 164 valence electrons. The monoisotopic (exact) mass is 484 g/mol. The van der Waals surface area contributed by atoms with Crippen LogP contribution in [0.15, 0.2) is 48.0 Å². The van der Waals surface area contributed by atoms with Crippen LogP contribution in [0.3, 0.4) is 0 Å². The molecule has 1 saturated heterocycles. The summed E-state index contributed by atoms with van der Waals surface area (Å²) in [5.41, 5.74) is 2.20. The Kier molecular flexibility index (Phi) is 8.22. The molecule has 2 N–H and O–H groups in total. The van der Waals surface area contributed by atoms with E-state index in [0.717, 1.165) is 29.1 Å². The molecular weight excluding hydrogens is 466 g/mol. The second-order valence-electron chi connectivity index (χ2n) is 6.55. The summed E-state index contributed by atoms with van der Waals surface area (Å²) in [5, 5.41) is 4.34. The quantitative estimate of drug-likeness (QED) is 0.534. The van der Waals surface area contributed by atoms with Crippen LogP contribution in [-0.4, -0.2) is 33.5 Å². The van der Waals surface area contributed by atoms with Gasteiger partial charge >= 0.3 is 0 Å². The van der Waals surface area contributed by atoms with Gasteiger partial charge in [-0.2, -0.15) is 0 Å². The summed E-state index contributed by atoms with van der Waals surface area (Å²) in [6.07, 6.45) is 2.64. The number of halogens is 3. The molecule has 0 radical (unpaired) electrons. The van der Waals surface area contributed by atoms with Gasteiger partial charge in [-0.3, -0.25) is 9.78 Å². The minimum absolute atomic E-state index is 0.00292. The molecule has 0 bridgehead atoms. The average molecular weight is 485 g/mol. The Morgan fingerprint density at radius 2 is 2.13 bits per heavy atom. The molecule has 0 spiro atoms. The fourth-order valence-electron chi connectivity index (χ4n) is 2.74. The average Bonchev–Trinajstić information content (AvgIpc) is 3.24. The second kappa shape index (κ2) is 10.9. The Bertz CT molecular complexity index is 1070. The number of carbonyl (C=O) groups is 1. The number of anilines is 1. The molecule has 1 aromatic carbocycles. The summed E-state index contributed by atoms with van der Waals surface area (Å²) in [6, 6.07) is 9.16. The van der Waals surface area contributed by atoms with Gasteiger partial charge in [0.1, 0.15) is 11.6 Å². The first-order valence-electron chi connectivity index (χ1n) is 9.12. The van der Waals surface area contributed by atoms with Crippen molar-refractivity contribution in [3.8, 4) is 11.3 Å². The van der Waals surface area contributed by atoms with Gasteiger partial charge in [0.15, 0.2) is 11.2 Å². The van der Waals surface area contributed by atoms with Crippen LogP contribution in [0.25, 0.3) is 11.3 Å². The zero-order valence-electron chi connectivity index (χ0n) is 16.3. The molecule has 3 aromatic rings. The first-order chi connectivity index (χ1) is 14.9. The molecule has 2 aromatic heterocycles. The van der Waals surface area contributed by atoms with Crippen molar-refractivity contribution in [2.75, 3.05) is 18.9 Å². The summed E-state index contributed by atoms with van der Waals surface area (Å²) in [5.74, 6) is -0.834. The number of thiophene rings is 1. The minimum Gasteiger partial charge on any atom is -0.329 e. The molecular formula is C20H19ClF2N4O2S2. The van der Waals surface area contributed by atoms with E-state index in [1.54, 1.807) is 21.7 Å². The number of nitrogens with zero attached hydrogens (tertiary/aromatic N) is 2. The molecule has 2 atom stereocenters. The van der Waals surface area contributed by atoms with Gasteiger partial charge in [-0.1, -0.05) is 11.6 Å². The Morgan fingerprint density at radius 3 is 2.77 bits per heavy atom. The van der Waals surface area contributed by atoms with Gasteiger partial charge in [-0.15, -0.1) is 11.3 Å². The predicted octanol–water partition coefficient (Wildman–Crippen LogP) is 4.54. The summed E-state index contributed by atoms with van der Waals surface area (Å²) in [6.45, 7) is 0.798. The van der Waals surface area contributed by atoms with Gasteiger partial charge < -0.3 is 5.32 Å². The van der Waals surface area contributed by atoms with Crippen LogP contribution in [0.4, 0.5) is 14.5 Å². The highest BCUT2D eigenvalue weighted by atomic mass is 35.5. The van der Waals surface area contributed by atoms with Crippen molar-refractivity contribution in [1.29, 1.82) is 0 Å². The van der Waals surface area contributed by atoms with E-state index in [4.69, 9.17) is 11.6 Å². The molecule has 31 heavy (non-hydrogen) atoms. The van der Waals surface area contributed by atoms with E-state index in [1.807, 2.05) is 18.5 Å².